The van der Waals surface area contributed by atoms with E-state index in [9.17, 15) is 0 Å². The average molecular weight is 175 g/mol. The van der Waals surface area contributed by atoms with Crippen LogP contribution in [0.1, 0.15) is 12.5 Å². The van der Waals surface area contributed by atoms with Gasteiger partial charge in [0.2, 0.25) is 5.82 Å². The van der Waals surface area contributed by atoms with Gasteiger partial charge in [-0.25, -0.2) is 0 Å². The molecule has 0 aliphatic heterocycles. The molecule has 2 aromatic heterocycles. The second-order valence-electron chi connectivity index (χ2n) is 2.67. The molecule has 13 heavy (non-hydrogen) atoms. The first-order valence-electron chi connectivity index (χ1n) is 4.08. The average Bonchev–Trinajstić information content (AvgIpc) is 2.71. The van der Waals surface area contributed by atoms with Crippen LogP contribution in [0.5, 0.6) is 0 Å². The van der Waals surface area contributed by atoms with Crippen molar-refractivity contribution in [3.8, 4) is 11.4 Å². The molecule has 0 fully saturated rings. The molecule has 0 amide bonds. The van der Waals surface area contributed by atoms with Crippen molar-refractivity contribution in [2.45, 2.75) is 13.3 Å². The lowest BCUT2D eigenvalue weighted by molar-refractivity contribution is 0.881. The van der Waals surface area contributed by atoms with Crippen LogP contribution in [0.4, 0.5) is 0 Å². The van der Waals surface area contributed by atoms with Gasteiger partial charge in [0.1, 0.15) is 0 Å². The van der Waals surface area contributed by atoms with Crippen molar-refractivity contribution in [1.29, 1.82) is 0 Å². The van der Waals surface area contributed by atoms with Crippen molar-refractivity contribution in [1.82, 2.24) is 25.6 Å². The highest BCUT2D eigenvalue weighted by Gasteiger charge is 2.02. The van der Waals surface area contributed by atoms with Gasteiger partial charge in [0.05, 0.1) is 0 Å². The van der Waals surface area contributed by atoms with Crippen LogP contribution in [-0.2, 0) is 6.42 Å². The van der Waals surface area contributed by atoms with Crippen molar-refractivity contribution >= 4 is 0 Å². The van der Waals surface area contributed by atoms with Gasteiger partial charge < -0.3 is 0 Å². The molecule has 0 bridgehead atoms. The summed E-state index contributed by atoms with van der Waals surface area (Å²) in [5.74, 6) is 0.586. The number of H-pyrrole nitrogens is 1. The normalized spacial score (nSPS) is 10.2. The number of aryl methyl sites for hydroxylation is 1. The molecule has 0 aromatic carbocycles. The summed E-state index contributed by atoms with van der Waals surface area (Å²) in [7, 11) is 0. The number of nitrogens with zero attached hydrogens (tertiary/aromatic N) is 4. The van der Waals surface area contributed by atoms with E-state index in [0.29, 0.717) is 5.82 Å². The van der Waals surface area contributed by atoms with E-state index in [1.54, 1.807) is 6.20 Å². The highest BCUT2D eigenvalue weighted by atomic mass is 15.5. The van der Waals surface area contributed by atoms with Gasteiger partial charge >= 0.3 is 0 Å². The monoisotopic (exact) mass is 175 g/mol. The Morgan fingerprint density at radius 1 is 1.38 bits per heavy atom. The molecule has 2 aromatic rings. The third-order valence-corrected chi connectivity index (χ3v) is 1.81. The fourth-order valence-electron chi connectivity index (χ4n) is 1.09. The Morgan fingerprint density at radius 2 is 2.31 bits per heavy atom. The lowest BCUT2D eigenvalue weighted by Crippen LogP contribution is -1.87. The second-order valence-corrected chi connectivity index (χ2v) is 2.67. The molecule has 5 heteroatoms. The fourth-order valence-corrected chi connectivity index (χ4v) is 1.09. The Morgan fingerprint density at radius 3 is 3.00 bits per heavy atom. The summed E-state index contributed by atoms with van der Waals surface area (Å²) >= 11 is 0. The number of aromatic amines is 1. The molecule has 0 aliphatic rings. The van der Waals surface area contributed by atoms with E-state index in [-0.39, 0.29) is 0 Å². The van der Waals surface area contributed by atoms with E-state index in [1.807, 2.05) is 12.3 Å². The van der Waals surface area contributed by atoms with E-state index in [4.69, 9.17) is 0 Å². The fraction of sp³-hybridized carbons (Fsp3) is 0.250. The lowest BCUT2D eigenvalue weighted by atomic mass is 10.1. The van der Waals surface area contributed by atoms with Crippen LogP contribution < -0.4 is 0 Å². The van der Waals surface area contributed by atoms with E-state index >= 15 is 0 Å². The predicted molar refractivity (Wildman–Crippen MR) is 46.8 cm³/mol. The zero-order valence-corrected chi connectivity index (χ0v) is 7.23. The zero-order chi connectivity index (χ0) is 9.10. The Kier molecular flexibility index (Phi) is 1.99. The highest BCUT2D eigenvalue weighted by molar-refractivity contribution is 5.52. The van der Waals surface area contributed by atoms with Crippen molar-refractivity contribution in [3.63, 3.8) is 0 Å². The van der Waals surface area contributed by atoms with Gasteiger partial charge in [-0.15, -0.1) is 10.2 Å². The van der Waals surface area contributed by atoms with Crippen molar-refractivity contribution in [2.75, 3.05) is 0 Å². The minimum atomic E-state index is 0.586. The SMILES string of the molecule is CCc1cncc(-c2nn[nH]n2)c1. The molecule has 0 saturated carbocycles. The number of nitrogens with one attached hydrogen (secondary N) is 1. The summed E-state index contributed by atoms with van der Waals surface area (Å²) in [6.45, 7) is 2.08. The zero-order valence-electron chi connectivity index (χ0n) is 7.23. The van der Waals surface area contributed by atoms with E-state index in [1.165, 1.54) is 5.56 Å². The summed E-state index contributed by atoms with van der Waals surface area (Å²) in [5.41, 5.74) is 2.07. The van der Waals surface area contributed by atoms with Crippen LogP contribution >= 0.6 is 0 Å². The molecule has 66 valence electrons. The number of hydrogen-bond acceptors (Lipinski definition) is 4. The molecule has 0 aliphatic carbocycles. The van der Waals surface area contributed by atoms with Crippen LogP contribution in [0, 0.1) is 0 Å². The molecule has 0 unspecified atom stereocenters. The third kappa shape index (κ3) is 1.53. The highest BCUT2D eigenvalue weighted by Crippen LogP contribution is 2.12. The van der Waals surface area contributed by atoms with Crippen LogP contribution in [0.15, 0.2) is 18.5 Å². The number of aromatic nitrogens is 5. The van der Waals surface area contributed by atoms with Crippen LogP contribution in [0.3, 0.4) is 0 Å². The second kappa shape index (κ2) is 3.30. The molecule has 0 spiro atoms. The molecule has 0 saturated heterocycles. The van der Waals surface area contributed by atoms with Gasteiger partial charge in [-0.05, 0) is 23.3 Å². The Hall–Kier alpha value is -1.78. The van der Waals surface area contributed by atoms with Gasteiger partial charge in [0.25, 0.3) is 0 Å². The minimum Gasteiger partial charge on any atom is -0.264 e. The quantitative estimate of drug-likeness (QED) is 0.733. The molecule has 0 radical (unpaired) electrons. The topological polar surface area (TPSA) is 67.3 Å². The molecule has 2 rings (SSSR count). The number of tetrazole rings is 1. The minimum absolute atomic E-state index is 0.586. The predicted octanol–water partition coefficient (Wildman–Crippen LogP) is 0.824. The van der Waals surface area contributed by atoms with E-state index < -0.39 is 0 Å². The standard InChI is InChI=1S/C8H9N5/c1-2-6-3-7(5-9-4-6)8-10-12-13-11-8/h3-5H,2H2,1H3,(H,10,11,12,13). The Balaban J connectivity index is 2.41. The Bertz CT molecular complexity index is 381. The molecule has 0 atom stereocenters. The van der Waals surface area contributed by atoms with Crippen LogP contribution in [-0.4, -0.2) is 25.6 Å². The van der Waals surface area contributed by atoms with Gasteiger partial charge in [-0.2, -0.15) is 5.21 Å². The maximum Gasteiger partial charge on any atom is 0.206 e. The maximum absolute atomic E-state index is 4.09. The summed E-state index contributed by atoms with van der Waals surface area (Å²) in [5, 5.41) is 13.6. The van der Waals surface area contributed by atoms with E-state index in [0.717, 1.165) is 12.0 Å². The molecular formula is C8H9N5. The van der Waals surface area contributed by atoms with Gasteiger partial charge in [-0.1, -0.05) is 6.92 Å². The van der Waals surface area contributed by atoms with Gasteiger partial charge in [-0.3, -0.25) is 4.98 Å². The van der Waals surface area contributed by atoms with Crippen LogP contribution in [0.25, 0.3) is 11.4 Å². The van der Waals surface area contributed by atoms with Crippen molar-refractivity contribution in [2.24, 2.45) is 0 Å². The van der Waals surface area contributed by atoms with Gasteiger partial charge in [0.15, 0.2) is 0 Å². The Labute approximate surface area is 75.2 Å². The largest absolute Gasteiger partial charge is 0.264 e. The smallest absolute Gasteiger partial charge is 0.206 e. The maximum atomic E-state index is 4.09. The summed E-state index contributed by atoms with van der Waals surface area (Å²) < 4.78 is 0. The van der Waals surface area contributed by atoms with E-state index in [2.05, 4.69) is 32.5 Å². The van der Waals surface area contributed by atoms with Crippen molar-refractivity contribution in [3.05, 3.63) is 24.0 Å². The summed E-state index contributed by atoms with van der Waals surface area (Å²) in [4.78, 5) is 4.09. The number of pyridine rings is 1. The molecular weight excluding hydrogens is 166 g/mol. The van der Waals surface area contributed by atoms with Gasteiger partial charge in [0, 0.05) is 18.0 Å². The summed E-state index contributed by atoms with van der Waals surface area (Å²) in [6, 6.07) is 2.01. The summed E-state index contributed by atoms with van der Waals surface area (Å²) in [6.07, 6.45) is 4.52. The lowest BCUT2D eigenvalue weighted by Gasteiger charge is -1.96. The number of hydrogen-bond donors (Lipinski definition) is 1. The molecule has 1 N–H and O–H groups in total. The number of rotatable bonds is 2. The molecule has 2 heterocycles. The third-order valence-electron chi connectivity index (χ3n) is 1.81. The van der Waals surface area contributed by atoms with Crippen LogP contribution in [0.2, 0.25) is 0 Å². The first-order chi connectivity index (χ1) is 6.40. The first-order valence-corrected chi connectivity index (χ1v) is 4.08. The first kappa shape index (κ1) is 7.85. The van der Waals surface area contributed by atoms with Crippen molar-refractivity contribution < 1.29 is 0 Å². The molecule has 5 nitrogen and oxygen atoms in total.